The van der Waals surface area contributed by atoms with Crippen molar-refractivity contribution < 1.29 is 28.6 Å². The minimum absolute atomic E-state index is 0.0981. The average molecular weight is 1000 g/mol. The van der Waals surface area contributed by atoms with Gasteiger partial charge >= 0.3 is 17.9 Å². The molecular formula is C66H110O6. The Morgan fingerprint density at radius 1 is 0.292 bits per heavy atom. The van der Waals surface area contributed by atoms with Crippen LogP contribution in [0.5, 0.6) is 0 Å². The van der Waals surface area contributed by atoms with Gasteiger partial charge in [0.25, 0.3) is 0 Å². The Balaban J connectivity index is 4.42. The highest BCUT2D eigenvalue weighted by atomic mass is 16.6. The SMILES string of the molecule is CC/C=C\C/C=C\C/C=C\C/C=C\CCCCCCC(=O)OC(COC(=O)CCCCCCC/C=C\C/C=C\CCCC)COC(=O)CCCCCCCCCC/C=C\C/C=C\C/C=C\CCCCCCC. The standard InChI is InChI=1S/C66H110O6/c1-4-7-10-13-16-19-22-25-28-30-31-32-33-34-35-37-38-41-44-47-50-53-56-59-65(68)71-62-63(61-70-64(67)58-55-52-49-46-43-40-27-24-21-18-15-12-9-6-3)72-66(69)60-57-54-51-48-45-42-39-36-29-26-23-20-17-14-11-8-5-2/h8,11,15,17-18,20,22,24-27,29-31,33-34,39,42,63H,4-7,9-10,12-14,16,19,21,23,28,32,35-38,40-41,43-62H2,1-3H3/b11-8-,18-15-,20-17-,25-22-,27-24-,29-26-,31-30-,34-33-,42-39-. The predicted molar refractivity (Wildman–Crippen MR) is 311 cm³/mol. The Morgan fingerprint density at radius 2 is 0.556 bits per heavy atom. The predicted octanol–water partition coefficient (Wildman–Crippen LogP) is 20.3. The second kappa shape index (κ2) is 59.6. The van der Waals surface area contributed by atoms with Crippen molar-refractivity contribution in [3.63, 3.8) is 0 Å². The van der Waals surface area contributed by atoms with Gasteiger partial charge in [0.05, 0.1) is 0 Å². The van der Waals surface area contributed by atoms with Crippen LogP contribution in [0.4, 0.5) is 0 Å². The molecule has 0 aromatic heterocycles. The second-order valence-electron chi connectivity index (χ2n) is 19.5. The van der Waals surface area contributed by atoms with Crippen LogP contribution in [-0.2, 0) is 28.6 Å². The molecule has 0 heterocycles. The molecule has 72 heavy (non-hydrogen) atoms. The summed E-state index contributed by atoms with van der Waals surface area (Å²) in [5.74, 6) is -0.941. The van der Waals surface area contributed by atoms with Gasteiger partial charge in [-0.15, -0.1) is 0 Å². The molecule has 0 amide bonds. The first-order valence-corrected chi connectivity index (χ1v) is 29.9. The maximum absolute atomic E-state index is 12.9. The fourth-order valence-electron chi connectivity index (χ4n) is 7.99. The molecule has 6 heteroatoms. The van der Waals surface area contributed by atoms with E-state index in [1.807, 2.05) is 0 Å². The van der Waals surface area contributed by atoms with Gasteiger partial charge in [0.15, 0.2) is 6.10 Å². The van der Waals surface area contributed by atoms with E-state index in [2.05, 4.69) is 130 Å². The van der Waals surface area contributed by atoms with Gasteiger partial charge in [0.1, 0.15) is 13.2 Å². The van der Waals surface area contributed by atoms with Gasteiger partial charge < -0.3 is 14.2 Å². The van der Waals surface area contributed by atoms with Crippen LogP contribution in [0, 0.1) is 0 Å². The lowest BCUT2D eigenvalue weighted by atomic mass is 10.1. The lowest BCUT2D eigenvalue weighted by Gasteiger charge is -2.18. The van der Waals surface area contributed by atoms with Gasteiger partial charge in [0, 0.05) is 19.3 Å². The summed E-state index contributed by atoms with van der Waals surface area (Å²) in [5, 5.41) is 0. The number of carbonyl (C=O) groups excluding carboxylic acids is 3. The van der Waals surface area contributed by atoms with E-state index >= 15 is 0 Å². The maximum atomic E-state index is 12.9. The first-order valence-electron chi connectivity index (χ1n) is 29.9. The smallest absolute Gasteiger partial charge is 0.306 e. The molecule has 6 nitrogen and oxygen atoms in total. The quantitative estimate of drug-likeness (QED) is 0.0261. The summed E-state index contributed by atoms with van der Waals surface area (Å²) in [6.45, 7) is 6.44. The zero-order valence-corrected chi connectivity index (χ0v) is 46.9. The maximum Gasteiger partial charge on any atom is 0.306 e. The van der Waals surface area contributed by atoms with Gasteiger partial charge in [0.2, 0.25) is 0 Å². The molecular weight excluding hydrogens is 889 g/mol. The van der Waals surface area contributed by atoms with Crippen LogP contribution in [0.2, 0.25) is 0 Å². The Hall–Kier alpha value is -3.93. The molecule has 0 spiro atoms. The first-order chi connectivity index (χ1) is 35.5. The summed E-state index contributed by atoms with van der Waals surface area (Å²) >= 11 is 0. The van der Waals surface area contributed by atoms with E-state index in [1.54, 1.807) is 0 Å². The number of ether oxygens (including phenoxy) is 3. The lowest BCUT2D eigenvalue weighted by Crippen LogP contribution is -2.30. The van der Waals surface area contributed by atoms with Crippen LogP contribution in [0.15, 0.2) is 109 Å². The van der Waals surface area contributed by atoms with Crippen molar-refractivity contribution in [3.05, 3.63) is 109 Å². The monoisotopic (exact) mass is 999 g/mol. The van der Waals surface area contributed by atoms with Gasteiger partial charge in [-0.2, -0.15) is 0 Å². The number of allylic oxidation sites excluding steroid dienone is 18. The summed E-state index contributed by atoms with van der Waals surface area (Å²) < 4.78 is 16.9. The molecule has 0 fully saturated rings. The van der Waals surface area contributed by atoms with Crippen molar-refractivity contribution in [3.8, 4) is 0 Å². The number of hydrogen-bond acceptors (Lipinski definition) is 6. The molecule has 0 rings (SSSR count). The molecule has 0 aliphatic rings. The Morgan fingerprint density at radius 3 is 0.889 bits per heavy atom. The van der Waals surface area contributed by atoms with Gasteiger partial charge in [-0.25, -0.2) is 0 Å². The molecule has 0 aromatic rings. The van der Waals surface area contributed by atoms with Gasteiger partial charge in [-0.3, -0.25) is 14.4 Å². The zero-order valence-electron chi connectivity index (χ0n) is 46.9. The minimum Gasteiger partial charge on any atom is -0.462 e. The van der Waals surface area contributed by atoms with Crippen LogP contribution in [-0.4, -0.2) is 37.2 Å². The van der Waals surface area contributed by atoms with Crippen molar-refractivity contribution in [2.75, 3.05) is 13.2 Å². The first kappa shape index (κ1) is 68.1. The van der Waals surface area contributed by atoms with Crippen molar-refractivity contribution in [2.45, 2.75) is 277 Å². The highest BCUT2D eigenvalue weighted by Crippen LogP contribution is 2.14. The molecule has 0 aliphatic carbocycles. The van der Waals surface area contributed by atoms with E-state index in [9.17, 15) is 14.4 Å². The fraction of sp³-hybridized carbons (Fsp3) is 0.682. The van der Waals surface area contributed by atoms with Crippen molar-refractivity contribution in [1.82, 2.24) is 0 Å². The summed E-state index contributed by atoms with van der Waals surface area (Å²) in [5.41, 5.74) is 0. The number of esters is 3. The van der Waals surface area contributed by atoms with Crippen LogP contribution < -0.4 is 0 Å². The number of hydrogen-bond donors (Lipinski definition) is 0. The van der Waals surface area contributed by atoms with Gasteiger partial charge in [-0.1, -0.05) is 239 Å². The molecule has 0 radical (unpaired) electrons. The molecule has 0 aromatic carbocycles. The molecule has 1 atom stereocenters. The Labute approximate surface area is 444 Å². The second-order valence-corrected chi connectivity index (χ2v) is 19.5. The number of unbranched alkanes of at least 4 members (excludes halogenated alkanes) is 24. The Kier molecular flexibility index (Phi) is 56.4. The van der Waals surface area contributed by atoms with Crippen LogP contribution in [0.1, 0.15) is 271 Å². The molecule has 0 saturated heterocycles. The molecule has 410 valence electrons. The third-order valence-corrected chi connectivity index (χ3v) is 12.5. The van der Waals surface area contributed by atoms with Crippen LogP contribution in [0.25, 0.3) is 0 Å². The van der Waals surface area contributed by atoms with E-state index in [-0.39, 0.29) is 31.1 Å². The molecule has 0 aliphatic heterocycles. The van der Waals surface area contributed by atoms with E-state index in [4.69, 9.17) is 14.2 Å². The van der Waals surface area contributed by atoms with E-state index in [1.165, 1.54) is 89.9 Å². The summed E-state index contributed by atoms with van der Waals surface area (Å²) in [4.78, 5) is 38.2. The number of rotatable bonds is 53. The molecule has 0 saturated carbocycles. The average Bonchev–Trinajstić information content (AvgIpc) is 3.38. The van der Waals surface area contributed by atoms with Crippen molar-refractivity contribution >= 4 is 17.9 Å². The Bertz CT molecular complexity index is 1470. The van der Waals surface area contributed by atoms with Crippen LogP contribution in [0.3, 0.4) is 0 Å². The summed E-state index contributed by atoms with van der Waals surface area (Å²) in [7, 11) is 0. The van der Waals surface area contributed by atoms with Crippen molar-refractivity contribution in [1.29, 1.82) is 0 Å². The van der Waals surface area contributed by atoms with E-state index in [0.29, 0.717) is 19.3 Å². The van der Waals surface area contributed by atoms with Gasteiger partial charge in [-0.05, 0) is 122 Å². The molecule has 0 bridgehead atoms. The highest BCUT2D eigenvalue weighted by Gasteiger charge is 2.19. The summed E-state index contributed by atoms with van der Waals surface area (Å²) in [6, 6.07) is 0. The topological polar surface area (TPSA) is 78.9 Å². The zero-order chi connectivity index (χ0) is 52.2. The molecule has 0 N–H and O–H groups in total. The lowest BCUT2D eigenvalue weighted by molar-refractivity contribution is -0.167. The van der Waals surface area contributed by atoms with Crippen LogP contribution >= 0.6 is 0 Å². The largest absolute Gasteiger partial charge is 0.462 e. The highest BCUT2D eigenvalue weighted by molar-refractivity contribution is 5.71. The minimum atomic E-state index is -0.803. The number of carbonyl (C=O) groups is 3. The van der Waals surface area contributed by atoms with Crippen molar-refractivity contribution in [2.24, 2.45) is 0 Å². The normalized spacial score (nSPS) is 12.9. The van der Waals surface area contributed by atoms with E-state index < -0.39 is 6.10 Å². The molecule has 1 unspecified atom stereocenters. The summed E-state index contributed by atoms with van der Waals surface area (Å²) in [6.07, 6.45) is 80.8. The third kappa shape index (κ3) is 57.0. The third-order valence-electron chi connectivity index (χ3n) is 12.5. The fourth-order valence-corrected chi connectivity index (χ4v) is 7.99. The van der Waals surface area contributed by atoms with E-state index in [0.717, 1.165) is 141 Å².